The number of ether oxygens (including phenoxy) is 1. The first-order valence-electron chi connectivity index (χ1n) is 9.74. The first-order chi connectivity index (χ1) is 14.6. The Morgan fingerprint density at radius 2 is 1.70 bits per heavy atom. The van der Waals surface area contributed by atoms with Crippen LogP contribution in [0.3, 0.4) is 0 Å². The van der Waals surface area contributed by atoms with Crippen LogP contribution < -0.4 is 9.64 Å². The highest BCUT2D eigenvalue weighted by Gasteiger charge is 2.28. The van der Waals surface area contributed by atoms with Crippen LogP contribution in [0.5, 0.6) is 5.75 Å². The molecule has 2 aliphatic heterocycles. The number of anilines is 1. The highest BCUT2D eigenvalue weighted by molar-refractivity contribution is 8.18. The van der Waals surface area contributed by atoms with E-state index >= 15 is 0 Å². The first kappa shape index (κ1) is 20.6. The highest BCUT2D eigenvalue weighted by Crippen LogP contribution is 2.31. The number of carbonyl (C=O) groups is 1. The van der Waals surface area contributed by atoms with Gasteiger partial charge in [-0.3, -0.25) is 4.79 Å². The quantitative estimate of drug-likeness (QED) is 0.499. The molecule has 30 heavy (non-hydrogen) atoms. The fourth-order valence-electron chi connectivity index (χ4n) is 3.31. The van der Waals surface area contributed by atoms with Crippen molar-refractivity contribution in [3.8, 4) is 5.75 Å². The molecule has 154 valence electrons. The number of piperazine rings is 1. The molecule has 2 heterocycles. The van der Waals surface area contributed by atoms with Crippen LogP contribution in [0.4, 0.5) is 5.69 Å². The van der Waals surface area contributed by atoms with Crippen molar-refractivity contribution in [2.45, 2.75) is 0 Å². The van der Waals surface area contributed by atoms with E-state index in [1.165, 1.54) is 11.8 Å². The molecule has 0 radical (unpaired) electrons. The van der Waals surface area contributed by atoms with Gasteiger partial charge in [0, 0.05) is 36.9 Å². The van der Waals surface area contributed by atoms with E-state index < -0.39 is 0 Å². The lowest BCUT2D eigenvalue weighted by Gasteiger charge is -2.36. The SMILES string of the molecule is C=CCOc1ccc(C=C2SC(N3CCN(c4ccc(Cl)cc4)CC3)=NC2=O)cc1. The predicted molar refractivity (Wildman–Crippen MR) is 125 cm³/mol. The van der Waals surface area contributed by atoms with Gasteiger partial charge in [-0.05, 0) is 59.8 Å². The maximum Gasteiger partial charge on any atom is 0.286 e. The lowest BCUT2D eigenvalue weighted by atomic mass is 10.2. The van der Waals surface area contributed by atoms with E-state index in [0.29, 0.717) is 11.5 Å². The number of halogens is 1. The average Bonchev–Trinajstić information content (AvgIpc) is 3.14. The summed E-state index contributed by atoms with van der Waals surface area (Å²) in [7, 11) is 0. The van der Waals surface area contributed by atoms with Crippen molar-refractivity contribution in [1.82, 2.24) is 4.90 Å². The van der Waals surface area contributed by atoms with E-state index in [1.807, 2.05) is 54.6 Å². The molecule has 1 saturated heterocycles. The third-order valence-corrected chi connectivity index (χ3v) is 6.19. The van der Waals surface area contributed by atoms with Crippen molar-refractivity contribution in [2.75, 3.05) is 37.7 Å². The molecule has 0 unspecified atom stereocenters. The lowest BCUT2D eigenvalue weighted by molar-refractivity contribution is -0.113. The monoisotopic (exact) mass is 439 g/mol. The second-order valence-corrected chi connectivity index (χ2v) is 8.37. The van der Waals surface area contributed by atoms with Crippen LogP contribution in [0.25, 0.3) is 6.08 Å². The van der Waals surface area contributed by atoms with Gasteiger partial charge in [0.1, 0.15) is 12.4 Å². The van der Waals surface area contributed by atoms with Crippen LogP contribution in [-0.4, -0.2) is 48.8 Å². The van der Waals surface area contributed by atoms with Crippen molar-refractivity contribution in [2.24, 2.45) is 4.99 Å². The van der Waals surface area contributed by atoms with Gasteiger partial charge in [-0.15, -0.1) is 0 Å². The Morgan fingerprint density at radius 1 is 1.03 bits per heavy atom. The van der Waals surface area contributed by atoms with Crippen LogP contribution in [-0.2, 0) is 4.79 Å². The summed E-state index contributed by atoms with van der Waals surface area (Å²) >= 11 is 7.43. The van der Waals surface area contributed by atoms with E-state index in [4.69, 9.17) is 16.3 Å². The summed E-state index contributed by atoms with van der Waals surface area (Å²) in [6.45, 7) is 7.51. The molecule has 5 nitrogen and oxygen atoms in total. The minimum atomic E-state index is -0.179. The van der Waals surface area contributed by atoms with E-state index in [9.17, 15) is 4.79 Å². The zero-order chi connectivity index (χ0) is 20.9. The molecule has 0 spiro atoms. The van der Waals surface area contributed by atoms with E-state index in [1.54, 1.807) is 6.08 Å². The maximum atomic E-state index is 12.4. The summed E-state index contributed by atoms with van der Waals surface area (Å²) in [5, 5.41) is 1.53. The van der Waals surface area contributed by atoms with Gasteiger partial charge in [0.05, 0.1) is 4.91 Å². The molecular formula is C23H22ClN3O2S. The fraction of sp³-hybridized carbons (Fsp3) is 0.217. The van der Waals surface area contributed by atoms with Gasteiger partial charge in [0.25, 0.3) is 5.91 Å². The van der Waals surface area contributed by atoms with Gasteiger partial charge in [-0.25, -0.2) is 0 Å². The molecule has 0 N–H and O–H groups in total. The Bertz CT molecular complexity index is 979. The molecule has 1 amide bonds. The molecule has 4 rings (SSSR count). The van der Waals surface area contributed by atoms with E-state index in [-0.39, 0.29) is 5.91 Å². The van der Waals surface area contributed by atoms with Crippen LogP contribution in [0.2, 0.25) is 5.02 Å². The Kier molecular flexibility index (Phi) is 6.45. The van der Waals surface area contributed by atoms with Crippen molar-refractivity contribution in [3.63, 3.8) is 0 Å². The molecule has 1 fully saturated rings. The maximum absolute atomic E-state index is 12.4. The third-order valence-electron chi connectivity index (χ3n) is 4.90. The number of hydrogen-bond acceptors (Lipinski definition) is 5. The molecule has 0 bridgehead atoms. The van der Waals surface area contributed by atoms with Crippen LogP contribution >= 0.6 is 23.4 Å². The zero-order valence-electron chi connectivity index (χ0n) is 16.5. The van der Waals surface area contributed by atoms with Gasteiger partial charge < -0.3 is 14.5 Å². The van der Waals surface area contributed by atoms with Crippen LogP contribution in [0, 0.1) is 0 Å². The summed E-state index contributed by atoms with van der Waals surface area (Å²) in [6.07, 6.45) is 3.59. The third kappa shape index (κ3) is 4.89. The molecule has 0 aliphatic carbocycles. The highest BCUT2D eigenvalue weighted by atomic mass is 35.5. The second-order valence-electron chi connectivity index (χ2n) is 6.93. The standard InChI is InChI=1S/C23H22ClN3O2S/c1-2-15-29-20-9-3-17(4-10-20)16-21-22(28)25-23(30-21)27-13-11-26(12-14-27)19-7-5-18(24)6-8-19/h2-10,16H,1,11-15H2. The van der Waals surface area contributed by atoms with Gasteiger partial charge in [-0.2, -0.15) is 4.99 Å². The van der Waals surface area contributed by atoms with Gasteiger partial charge in [-0.1, -0.05) is 36.4 Å². The van der Waals surface area contributed by atoms with Gasteiger partial charge in [0.15, 0.2) is 5.17 Å². The first-order valence-corrected chi connectivity index (χ1v) is 10.9. The molecule has 2 aromatic carbocycles. The van der Waals surface area contributed by atoms with E-state index in [2.05, 4.69) is 21.4 Å². The van der Waals surface area contributed by atoms with Crippen LogP contribution in [0.15, 0.2) is 71.1 Å². The molecule has 2 aromatic rings. The van der Waals surface area contributed by atoms with Crippen molar-refractivity contribution in [1.29, 1.82) is 0 Å². The summed E-state index contributed by atoms with van der Waals surface area (Å²) in [4.78, 5) is 21.8. The van der Waals surface area contributed by atoms with Crippen LogP contribution in [0.1, 0.15) is 5.56 Å². The van der Waals surface area contributed by atoms with Gasteiger partial charge in [0.2, 0.25) is 0 Å². The fourth-order valence-corrected chi connectivity index (χ4v) is 4.40. The number of nitrogens with zero attached hydrogens (tertiary/aromatic N) is 3. The Balaban J connectivity index is 1.35. The van der Waals surface area contributed by atoms with Gasteiger partial charge >= 0.3 is 0 Å². The number of hydrogen-bond donors (Lipinski definition) is 0. The minimum Gasteiger partial charge on any atom is -0.490 e. The second kappa shape index (κ2) is 9.41. The summed E-state index contributed by atoms with van der Waals surface area (Å²) in [6, 6.07) is 15.5. The molecule has 0 aromatic heterocycles. The Hall–Kier alpha value is -2.70. The van der Waals surface area contributed by atoms with E-state index in [0.717, 1.165) is 53.4 Å². The normalized spacial score (nSPS) is 18.0. The molecule has 7 heteroatoms. The molecule has 2 aliphatic rings. The smallest absolute Gasteiger partial charge is 0.286 e. The number of aliphatic imine (C=N–C) groups is 1. The minimum absolute atomic E-state index is 0.179. The topological polar surface area (TPSA) is 45.1 Å². The predicted octanol–water partition coefficient (Wildman–Crippen LogP) is 4.70. The average molecular weight is 440 g/mol. The largest absolute Gasteiger partial charge is 0.490 e. The zero-order valence-corrected chi connectivity index (χ0v) is 18.0. The summed E-state index contributed by atoms with van der Waals surface area (Å²) in [5.74, 6) is 0.597. The molecule has 0 saturated carbocycles. The number of rotatable bonds is 5. The molecule has 0 atom stereocenters. The molecular weight excluding hydrogens is 418 g/mol. The number of amidine groups is 1. The van der Waals surface area contributed by atoms with Crippen molar-refractivity contribution >= 4 is 46.2 Å². The number of thioether (sulfide) groups is 1. The number of carbonyl (C=O) groups excluding carboxylic acids is 1. The number of benzene rings is 2. The Morgan fingerprint density at radius 3 is 2.37 bits per heavy atom. The lowest BCUT2D eigenvalue weighted by Crippen LogP contribution is -2.47. The number of amides is 1. The van der Waals surface area contributed by atoms with Crippen molar-refractivity contribution < 1.29 is 9.53 Å². The van der Waals surface area contributed by atoms with Crippen molar-refractivity contribution in [3.05, 3.63) is 76.7 Å². The Labute approximate surface area is 185 Å². The summed E-state index contributed by atoms with van der Waals surface area (Å²) in [5.41, 5.74) is 2.11. The summed E-state index contributed by atoms with van der Waals surface area (Å²) < 4.78 is 5.49.